The van der Waals surface area contributed by atoms with Gasteiger partial charge in [-0.1, -0.05) is 18.2 Å². The lowest BCUT2D eigenvalue weighted by atomic mass is 9.57. The average molecular weight is 616 g/mol. The van der Waals surface area contributed by atoms with Crippen LogP contribution in [0.4, 0.5) is 0 Å². The smallest absolute Gasteiger partial charge is 0.255 e. The molecule has 3 aliphatic carbocycles. The number of rotatable bonds is 3. The summed E-state index contributed by atoms with van der Waals surface area (Å²) in [7, 11) is 3.14. The topological polar surface area (TPSA) is 161 Å². The van der Waals surface area contributed by atoms with E-state index in [0.29, 0.717) is 5.56 Å². The third kappa shape index (κ3) is 3.53. The molecule has 6 N–H and O–H groups in total. The molecule has 0 unspecified atom stereocenters. The number of aliphatic hydroxyl groups is 3. The van der Waals surface area contributed by atoms with Gasteiger partial charge in [0, 0.05) is 15.1 Å². The van der Waals surface area contributed by atoms with E-state index >= 15 is 0 Å². The van der Waals surface area contributed by atoms with Crippen LogP contribution in [0.25, 0.3) is 16.9 Å². The van der Waals surface area contributed by atoms with Crippen molar-refractivity contribution in [2.24, 2.45) is 17.6 Å². The van der Waals surface area contributed by atoms with E-state index in [1.54, 1.807) is 20.2 Å². The molecule has 0 radical (unpaired) electrons. The highest BCUT2D eigenvalue weighted by atomic mass is 127. The number of fused-ring (bicyclic) bond motifs is 3. The van der Waals surface area contributed by atoms with Crippen LogP contribution in [0.5, 0.6) is 5.75 Å². The molecule has 2 aromatic rings. The number of halogens is 1. The Hall–Kier alpha value is -3.22. The minimum absolute atomic E-state index is 0.0488. The summed E-state index contributed by atoms with van der Waals surface area (Å²) in [6.07, 6.45) is 0.289. The van der Waals surface area contributed by atoms with E-state index < -0.39 is 58.0 Å². The lowest BCUT2D eigenvalue weighted by molar-refractivity contribution is -0.153. The van der Waals surface area contributed by atoms with Crippen molar-refractivity contribution >= 4 is 45.8 Å². The second-order valence-corrected chi connectivity index (χ2v) is 11.2. The molecule has 0 saturated heterocycles. The van der Waals surface area contributed by atoms with Crippen LogP contribution >= 0.6 is 22.6 Å². The number of ketones is 2. The van der Waals surface area contributed by atoms with E-state index in [4.69, 9.17) is 5.73 Å². The number of phenolic OH excluding ortho intramolecular Hbond substituents is 1. The van der Waals surface area contributed by atoms with Crippen molar-refractivity contribution in [1.82, 2.24) is 4.90 Å². The number of benzene rings is 2. The van der Waals surface area contributed by atoms with Crippen LogP contribution in [-0.2, 0) is 20.8 Å². The SMILES string of the molecule is CN(C)[C@@H]1C(=O)C(C(N)=O)=C(O)[C@@]2(O)C(=O)C3=C(O)c4c(O)ccc(-c5cccc(I)c5)c4C[C@H]3C[C@@H]12. The first kappa shape index (κ1) is 25.4. The zero-order valence-corrected chi connectivity index (χ0v) is 22.2. The van der Waals surface area contributed by atoms with Gasteiger partial charge in [-0.3, -0.25) is 19.3 Å². The van der Waals surface area contributed by atoms with Gasteiger partial charge in [0.15, 0.2) is 11.4 Å². The minimum atomic E-state index is -2.65. The number of hydrogen-bond acceptors (Lipinski definition) is 8. The van der Waals surface area contributed by atoms with Crippen molar-refractivity contribution in [3.8, 4) is 16.9 Å². The number of Topliss-reactive ketones (excluding diaryl/α,β-unsaturated/α-hetero) is 2. The third-order valence-corrected chi connectivity index (χ3v) is 8.41. The van der Waals surface area contributed by atoms with Gasteiger partial charge in [0.2, 0.25) is 5.78 Å². The van der Waals surface area contributed by atoms with Gasteiger partial charge in [-0.05, 0) is 90.3 Å². The number of phenols is 1. The summed E-state index contributed by atoms with van der Waals surface area (Å²) in [4.78, 5) is 40.6. The molecule has 192 valence electrons. The predicted molar refractivity (Wildman–Crippen MR) is 142 cm³/mol. The van der Waals surface area contributed by atoms with Gasteiger partial charge in [0.1, 0.15) is 22.8 Å². The van der Waals surface area contributed by atoms with Crippen LogP contribution in [0.1, 0.15) is 17.5 Å². The largest absolute Gasteiger partial charge is 0.508 e. The number of hydrogen-bond donors (Lipinski definition) is 5. The Labute approximate surface area is 226 Å². The first-order valence-electron chi connectivity index (χ1n) is 11.6. The molecule has 0 aliphatic heterocycles. The Morgan fingerprint density at radius 3 is 2.46 bits per heavy atom. The molecule has 1 fully saturated rings. The zero-order chi connectivity index (χ0) is 27.0. The van der Waals surface area contributed by atoms with E-state index in [2.05, 4.69) is 22.6 Å². The van der Waals surface area contributed by atoms with Gasteiger partial charge in [0.25, 0.3) is 5.91 Å². The van der Waals surface area contributed by atoms with Crippen LogP contribution in [0.15, 0.2) is 53.3 Å². The fourth-order valence-electron chi connectivity index (χ4n) is 6.17. The summed E-state index contributed by atoms with van der Waals surface area (Å²) in [6, 6.07) is 9.77. The first-order chi connectivity index (χ1) is 17.4. The number of aliphatic hydroxyl groups excluding tert-OH is 2. The molecular formula is C27H25IN2O7. The maximum atomic E-state index is 13.9. The normalized spacial score (nSPS) is 27.2. The monoisotopic (exact) mass is 616 g/mol. The van der Waals surface area contributed by atoms with E-state index in [9.17, 15) is 34.8 Å². The Balaban J connectivity index is 1.75. The number of carbonyl (C=O) groups is 3. The molecule has 0 heterocycles. The van der Waals surface area contributed by atoms with Gasteiger partial charge in [-0.15, -0.1) is 0 Å². The van der Waals surface area contributed by atoms with Gasteiger partial charge in [0.05, 0.1) is 11.6 Å². The second kappa shape index (κ2) is 8.67. The summed E-state index contributed by atoms with van der Waals surface area (Å²) >= 11 is 2.19. The maximum absolute atomic E-state index is 13.9. The van der Waals surface area contributed by atoms with Crippen molar-refractivity contribution in [2.45, 2.75) is 24.5 Å². The average Bonchev–Trinajstić information content (AvgIpc) is 2.81. The van der Waals surface area contributed by atoms with Gasteiger partial charge in [-0.2, -0.15) is 0 Å². The van der Waals surface area contributed by atoms with E-state index in [1.165, 1.54) is 11.0 Å². The lowest BCUT2D eigenvalue weighted by Gasteiger charge is -2.50. The molecule has 4 atom stereocenters. The molecule has 10 heteroatoms. The number of aromatic hydroxyl groups is 1. The minimum Gasteiger partial charge on any atom is -0.508 e. The Kier molecular flexibility index (Phi) is 5.96. The van der Waals surface area contributed by atoms with Crippen molar-refractivity contribution in [3.05, 3.63) is 68.0 Å². The van der Waals surface area contributed by atoms with E-state index in [0.717, 1.165) is 14.7 Å². The van der Waals surface area contributed by atoms with Crippen molar-refractivity contribution < 1.29 is 34.8 Å². The zero-order valence-electron chi connectivity index (χ0n) is 20.0. The van der Waals surface area contributed by atoms with E-state index in [1.807, 2.05) is 24.3 Å². The molecule has 1 saturated carbocycles. The van der Waals surface area contributed by atoms with Crippen LogP contribution < -0.4 is 5.73 Å². The molecule has 5 rings (SSSR count). The number of nitrogens with zero attached hydrogens (tertiary/aromatic N) is 1. The highest BCUT2D eigenvalue weighted by molar-refractivity contribution is 14.1. The number of amides is 1. The summed E-state index contributed by atoms with van der Waals surface area (Å²) < 4.78 is 0.994. The van der Waals surface area contributed by atoms with Crippen LogP contribution in [0, 0.1) is 15.4 Å². The summed E-state index contributed by atoms with van der Waals surface area (Å²) in [5.74, 6) is -6.62. The molecule has 37 heavy (non-hydrogen) atoms. The molecule has 1 amide bonds. The quantitative estimate of drug-likeness (QED) is 0.259. The highest BCUT2D eigenvalue weighted by Gasteiger charge is 2.64. The standard InChI is InChI=1S/C27H25IN2O7/c1-30(2)21-16-10-12-9-15-14(11-4-3-5-13(28)8-11)6-7-17(31)19(15)22(32)18(12)24(34)27(16,37)25(35)20(23(21)33)26(29)36/h3-8,12,16,21,31-32,35,37H,9-10H2,1-2H3,(H2,29,36)/t12-,16-,21-,27-/m0/s1. The van der Waals surface area contributed by atoms with Crippen molar-refractivity contribution in [1.29, 1.82) is 0 Å². The number of likely N-dealkylation sites (N-methyl/N-ethyl adjacent to an activating group) is 1. The Morgan fingerprint density at radius 2 is 1.84 bits per heavy atom. The Morgan fingerprint density at radius 1 is 1.14 bits per heavy atom. The molecule has 2 aromatic carbocycles. The van der Waals surface area contributed by atoms with E-state index in [-0.39, 0.29) is 29.7 Å². The molecule has 3 aliphatic rings. The molecular weight excluding hydrogens is 591 g/mol. The molecule has 9 nitrogen and oxygen atoms in total. The predicted octanol–water partition coefficient (Wildman–Crippen LogP) is 2.24. The van der Waals surface area contributed by atoms with Crippen molar-refractivity contribution in [3.63, 3.8) is 0 Å². The van der Waals surface area contributed by atoms with Gasteiger partial charge < -0.3 is 26.2 Å². The maximum Gasteiger partial charge on any atom is 0.255 e. The fourth-order valence-corrected chi connectivity index (χ4v) is 6.71. The van der Waals surface area contributed by atoms with Crippen LogP contribution in [0.2, 0.25) is 0 Å². The third-order valence-electron chi connectivity index (χ3n) is 7.74. The molecule has 0 aromatic heterocycles. The van der Waals surface area contributed by atoms with Crippen molar-refractivity contribution in [2.75, 3.05) is 14.1 Å². The van der Waals surface area contributed by atoms with Crippen LogP contribution in [0.3, 0.4) is 0 Å². The highest BCUT2D eigenvalue weighted by Crippen LogP contribution is 2.53. The molecule has 0 spiro atoms. The number of carbonyl (C=O) groups excluding carboxylic acids is 3. The summed E-state index contributed by atoms with van der Waals surface area (Å²) in [5.41, 5.74) is 4.05. The van der Waals surface area contributed by atoms with Crippen LogP contribution in [-0.4, -0.2) is 68.5 Å². The number of primary amides is 1. The number of nitrogens with two attached hydrogens (primary N) is 1. The molecule has 0 bridgehead atoms. The fraction of sp³-hybridized carbons (Fsp3) is 0.296. The second-order valence-electron chi connectivity index (χ2n) is 9.96. The summed E-state index contributed by atoms with van der Waals surface area (Å²) in [6.45, 7) is 0. The lowest BCUT2D eigenvalue weighted by Crippen LogP contribution is -2.65. The summed E-state index contributed by atoms with van der Waals surface area (Å²) in [5, 5.41) is 44.6. The van der Waals surface area contributed by atoms with Gasteiger partial charge >= 0.3 is 0 Å². The Bertz CT molecular complexity index is 1460. The van der Waals surface area contributed by atoms with Gasteiger partial charge in [-0.25, -0.2) is 0 Å². The first-order valence-corrected chi connectivity index (χ1v) is 12.7.